The number of anilines is 1. The highest BCUT2D eigenvalue weighted by atomic mass is 16.7. The molecule has 2 rings (SSSR count). The normalized spacial score (nSPS) is 19.9. The molecule has 1 aromatic rings. The Morgan fingerprint density at radius 3 is 2.24 bits per heavy atom. The van der Waals surface area contributed by atoms with Crippen LogP contribution >= 0.6 is 0 Å². The Bertz CT molecular complexity index is 504. The molecule has 0 aliphatic carbocycles. The molecule has 1 N–H and O–H groups in total. The van der Waals surface area contributed by atoms with Crippen LogP contribution in [-0.4, -0.2) is 41.4 Å². The maximum atomic E-state index is 6.03. The molecule has 1 aromatic heterocycles. The minimum Gasteiger partial charge on any atom is -0.461 e. The second-order valence-electron chi connectivity index (χ2n) is 6.46. The first-order valence-corrected chi connectivity index (χ1v) is 7.23. The van der Waals surface area contributed by atoms with E-state index in [1.807, 2.05) is 41.5 Å². The van der Waals surface area contributed by atoms with E-state index in [4.69, 9.17) is 14.0 Å². The van der Waals surface area contributed by atoms with Gasteiger partial charge in [0.05, 0.1) is 17.3 Å². The Balaban J connectivity index is 2.29. The minimum atomic E-state index is -0.495. The van der Waals surface area contributed by atoms with E-state index < -0.39 is 18.3 Å². The fourth-order valence-electron chi connectivity index (χ4n) is 1.99. The summed E-state index contributed by atoms with van der Waals surface area (Å²) >= 11 is 0. The number of nitrogens with one attached hydrogen (secondary N) is 1. The van der Waals surface area contributed by atoms with Crippen molar-refractivity contribution in [1.82, 2.24) is 9.97 Å². The van der Waals surface area contributed by atoms with Gasteiger partial charge < -0.3 is 19.4 Å². The number of nitrogens with zero attached hydrogens (tertiary/aromatic N) is 2. The summed E-state index contributed by atoms with van der Waals surface area (Å²) in [6, 6.07) is 0.342. The van der Waals surface area contributed by atoms with Crippen molar-refractivity contribution in [2.24, 2.45) is 0 Å². The summed E-state index contributed by atoms with van der Waals surface area (Å²) in [7, 11) is 1.31. The molecule has 1 aliphatic rings. The zero-order valence-corrected chi connectivity index (χ0v) is 13.9. The van der Waals surface area contributed by atoms with Crippen LogP contribution in [0.1, 0.15) is 41.5 Å². The molecule has 0 saturated carbocycles. The van der Waals surface area contributed by atoms with Gasteiger partial charge in [-0.3, -0.25) is 0 Å². The van der Waals surface area contributed by atoms with Crippen LogP contribution in [-0.2, 0) is 9.31 Å². The highest BCUT2D eigenvalue weighted by Gasteiger charge is 2.52. The molecule has 1 saturated heterocycles. The number of hydrogen-bond acceptors (Lipinski definition) is 6. The van der Waals surface area contributed by atoms with E-state index >= 15 is 0 Å². The average Bonchev–Trinajstić information content (AvgIpc) is 2.57. The van der Waals surface area contributed by atoms with Gasteiger partial charge in [-0.05, 0) is 41.5 Å². The van der Waals surface area contributed by atoms with Gasteiger partial charge in [0.15, 0.2) is 0 Å². The van der Waals surface area contributed by atoms with Crippen molar-refractivity contribution in [3.05, 3.63) is 6.20 Å². The zero-order chi connectivity index (χ0) is 15.8. The molecule has 0 aromatic carbocycles. The van der Waals surface area contributed by atoms with Crippen LogP contribution < -0.4 is 15.5 Å². The third-order valence-electron chi connectivity index (χ3n) is 3.88. The van der Waals surface area contributed by atoms with E-state index in [2.05, 4.69) is 15.3 Å². The molecular formula is C14H24BN3O3. The standard InChI is InChI=1S/C14H24BN3O3/c1-9(2)19-12-17-8-10(11(16-7)18-12)15-20-13(3,4)14(5,6)21-15/h8-9H,1-7H3,(H,16,17,18). The van der Waals surface area contributed by atoms with E-state index in [-0.39, 0.29) is 6.10 Å². The molecule has 0 unspecified atom stereocenters. The Morgan fingerprint density at radius 2 is 1.76 bits per heavy atom. The van der Waals surface area contributed by atoms with Gasteiger partial charge in [-0.25, -0.2) is 4.98 Å². The van der Waals surface area contributed by atoms with Gasteiger partial charge in [0.25, 0.3) is 0 Å². The van der Waals surface area contributed by atoms with Crippen molar-refractivity contribution in [1.29, 1.82) is 0 Å². The molecule has 0 bridgehead atoms. The highest BCUT2D eigenvalue weighted by Crippen LogP contribution is 2.36. The smallest absolute Gasteiger partial charge is 0.461 e. The molecule has 0 amide bonds. The van der Waals surface area contributed by atoms with E-state index in [0.717, 1.165) is 5.46 Å². The van der Waals surface area contributed by atoms with E-state index in [1.54, 1.807) is 13.2 Å². The van der Waals surface area contributed by atoms with Crippen LogP contribution in [0.4, 0.5) is 5.82 Å². The average molecular weight is 293 g/mol. The molecule has 116 valence electrons. The van der Waals surface area contributed by atoms with Gasteiger partial charge in [-0.15, -0.1) is 0 Å². The second-order valence-corrected chi connectivity index (χ2v) is 6.46. The van der Waals surface area contributed by atoms with Crippen LogP contribution in [0.2, 0.25) is 0 Å². The second kappa shape index (κ2) is 5.46. The Morgan fingerprint density at radius 1 is 1.19 bits per heavy atom. The lowest BCUT2D eigenvalue weighted by molar-refractivity contribution is 0.00578. The van der Waals surface area contributed by atoms with Gasteiger partial charge in [0, 0.05) is 18.7 Å². The predicted molar refractivity (Wildman–Crippen MR) is 83.1 cm³/mol. The summed E-state index contributed by atoms with van der Waals surface area (Å²) < 4.78 is 17.6. The lowest BCUT2D eigenvalue weighted by Gasteiger charge is -2.32. The Hall–Kier alpha value is -1.34. The summed E-state index contributed by atoms with van der Waals surface area (Å²) in [6.07, 6.45) is 1.72. The lowest BCUT2D eigenvalue weighted by Crippen LogP contribution is -2.41. The molecule has 6 nitrogen and oxygen atoms in total. The zero-order valence-electron chi connectivity index (χ0n) is 13.9. The molecule has 7 heteroatoms. The fourth-order valence-corrected chi connectivity index (χ4v) is 1.99. The van der Waals surface area contributed by atoms with Crippen LogP contribution in [0.15, 0.2) is 6.20 Å². The van der Waals surface area contributed by atoms with Crippen molar-refractivity contribution in [3.8, 4) is 6.01 Å². The largest absolute Gasteiger partial charge is 0.500 e. The molecule has 0 radical (unpaired) electrons. The van der Waals surface area contributed by atoms with Crippen LogP contribution in [0.25, 0.3) is 0 Å². The summed E-state index contributed by atoms with van der Waals surface area (Å²) in [5.74, 6) is 0.652. The van der Waals surface area contributed by atoms with Crippen LogP contribution in [0.3, 0.4) is 0 Å². The first-order chi connectivity index (χ1) is 9.66. The van der Waals surface area contributed by atoms with Crippen molar-refractivity contribution in [2.75, 3.05) is 12.4 Å². The highest BCUT2D eigenvalue weighted by molar-refractivity contribution is 6.63. The summed E-state index contributed by atoms with van der Waals surface area (Å²) in [5, 5.41) is 3.05. The molecule has 1 fully saturated rings. The van der Waals surface area contributed by atoms with Gasteiger partial charge in [-0.1, -0.05) is 0 Å². The molecular weight excluding hydrogens is 269 g/mol. The van der Waals surface area contributed by atoms with Gasteiger partial charge in [-0.2, -0.15) is 4.98 Å². The fraction of sp³-hybridized carbons (Fsp3) is 0.714. The monoisotopic (exact) mass is 293 g/mol. The van der Waals surface area contributed by atoms with Gasteiger partial charge >= 0.3 is 13.1 Å². The van der Waals surface area contributed by atoms with Crippen LogP contribution in [0.5, 0.6) is 6.01 Å². The summed E-state index contributed by atoms with van der Waals surface area (Å²) in [4.78, 5) is 8.60. The van der Waals surface area contributed by atoms with E-state index in [1.165, 1.54) is 0 Å². The maximum absolute atomic E-state index is 6.03. The molecule has 2 heterocycles. The third-order valence-corrected chi connectivity index (χ3v) is 3.88. The first-order valence-electron chi connectivity index (χ1n) is 7.23. The third kappa shape index (κ3) is 3.13. The van der Waals surface area contributed by atoms with Crippen molar-refractivity contribution in [2.45, 2.75) is 58.8 Å². The SMILES string of the molecule is CNc1nc(OC(C)C)ncc1B1OC(C)(C)C(C)(C)O1. The number of hydrogen-bond donors (Lipinski definition) is 1. The number of rotatable bonds is 4. The quantitative estimate of drug-likeness (QED) is 0.851. The van der Waals surface area contributed by atoms with Crippen molar-refractivity contribution >= 4 is 18.4 Å². The first kappa shape index (κ1) is 16.0. The lowest BCUT2D eigenvalue weighted by atomic mass is 9.80. The Labute approximate surface area is 126 Å². The van der Waals surface area contributed by atoms with Gasteiger partial charge in [0.2, 0.25) is 0 Å². The van der Waals surface area contributed by atoms with E-state index in [9.17, 15) is 0 Å². The van der Waals surface area contributed by atoms with Crippen molar-refractivity contribution in [3.63, 3.8) is 0 Å². The molecule has 1 aliphatic heterocycles. The maximum Gasteiger partial charge on any atom is 0.500 e. The Kier molecular flexibility index (Phi) is 4.17. The number of aromatic nitrogens is 2. The van der Waals surface area contributed by atoms with Crippen molar-refractivity contribution < 1.29 is 14.0 Å². The summed E-state index contributed by atoms with van der Waals surface area (Å²) in [6.45, 7) is 11.9. The topological polar surface area (TPSA) is 65.5 Å². The molecule has 0 atom stereocenters. The predicted octanol–water partition coefficient (Wildman–Crippen LogP) is 1.60. The van der Waals surface area contributed by atoms with Crippen LogP contribution in [0, 0.1) is 0 Å². The summed E-state index contributed by atoms with van der Waals surface area (Å²) in [5.41, 5.74) is -0.0155. The van der Waals surface area contributed by atoms with E-state index in [0.29, 0.717) is 11.8 Å². The molecule has 0 spiro atoms. The van der Waals surface area contributed by atoms with Gasteiger partial charge in [0.1, 0.15) is 5.82 Å². The minimum absolute atomic E-state index is 0.0254. The number of ether oxygens (including phenoxy) is 1. The molecule has 21 heavy (non-hydrogen) atoms.